The summed E-state index contributed by atoms with van der Waals surface area (Å²) >= 11 is 0. The Bertz CT molecular complexity index is 445. The van der Waals surface area contributed by atoms with E-state index in [1.54, 1.807) is 6.07 Å². The van der Waals surface area contributed by atoms with E-state index in [2.05, 4.69) is 26.1 Å². The summed E-state index contributed by atoms with van der Waals surface area (Å²) in [5, 5.41) is 12.4. The van der Waals surface area contributed by atoms with Crippen LogP contribution in [0.2, 0.25) is 0 Å². The number of phenolic OH excluding ortho intramolecular Hbond substituents is 1. The van der Waals surface area contributed by atoms with E-state index in [1.807, 2.05) is 0 Å². The maximum absolute atomic E-state index is 13.2. The van der Waals surface area contributed by atoms with Gasteiger partial charge in [0.15, 0.2) is 11.6 Å². The van der Waals surface area contributed by atoms with Crippen molar-refractivity contribution in [2.24, 2.45) is 17.3 Å². The first kappa shape index (κ1) is 15.1. The number of hydrogen-bond donors (Lipinski definition) is 2. The van der Waals surface area contributed by atoms with Crippen LogP contribution >= 0.6 is 0 Å². The van der Waals surface area contributed by atoms with Crippen molar-refractivity contribution >= 4 is 5.69 Å². The van der Waals surface area contributed by atoms with Crippen molar-refractivity contribution in [3.8, 4) is 5.75 Å². The molecule has 0 amide bonds. The molecule has 112 valence electrons. The van der Waals surface area contributed by atoms with Crippen LogP contribution in [0, 0.1) is 23.1 Å². The van der Waals surface area contributed by atoms with Gasteiger partial charge < -0.3 is 10.4 Å². The zero-order chi connectivity index (χ0) is 14.8. The van der Waals surface area contributed by atoms with Crippen molar-refractivity contribution in [2.75, 3.05) is 11.9 Å². The Hall–Kier alpha value is -1.25. The van der Waals surface area contributed by atoms with Crippen LogP contribution in [0.3, 0.4) is 0 Å². The normalized spacial score (nSPS) is 23.6. The SMILES string of the molecule is CC(C)(C)C1CCC(CNc2ccc(O)c(F)c2)CC1. The second kappa shape index (κ2) is 6.02. The van der Waals surface area contributed by atoms with Crippen LogP contribution in [-0.4, -0.2) is 11.7 Å². The van der Waals surface area contributed by atoms with E-state index in [0.29, 0.717) is 11.3 Å². The average Bonchev–Trinajstić information content (AvgIpc) is 2.40. The van der Waals surface area contributed by atoms with Crippen molar-refractivity contribution in [2.45, 2.75) is 46.5 Å². The minimum atomic E-state index is -0.563. The van der Waals surface area contributed by atoms with Crippen LogP contribution in [-0.2, 0) is 0 Å². The summed E-state index contributed by atoms with van der Waals surface area (Å²) in [6, 6.07) is 4.48. The standard InChI is InChI=1S/C17H26FNO/c1-17(2,3)13-6-4-12(5-7-13)11-19-14-8-9-16(20)15(18)10-14/h8-10,12-13,19-20H,4-7,11H2,1-3H3. The van der Waals surface area contributed by atoms with Gasteiger partial charge in [-0.05, 0) is 55.1 Å². The van der Waals surface area contributed by atoms with Crippen molar-refractivity contribution in [1.29, 1.82) is 0 Å². The molecule has 0 bridgehead atoms. The Kier molecular flexibility index (Phi) is 4.56. The lowest BCUT2D eigenvalue weighted by Gasteiger charge is -2.37. The molecule has 0 saturated heterocycles. The van der Waals surface area contributed by atoms with E-state index >= 15 is 0 Å². The first-order valence-corrected chi connectivity index (χ1v) is 7.58. The minimum Gasteiger partial charge on any atom is -0.505 e. The quantitative estimate of drug-likeness (QED) is 0.779. The minimum absolute atomic E-state index is 0.291. The predicted molar refractivity (Wildman–Crippen MR) is 81.5 cm³/mol. The van der Waals surface area contributed by atoms with E-state index in [1.165, 1.54) is 37.8 Å². The number of benzene rings is 1. The molecule has 0 aromatic heterocycles. The molecule has 0 radical (unpaired) electrons. The molecule has 0 atom stereocenters. The molecule has 0 unspecified atom stereocenters. The molecule has 2 nitrogen and oxygen atoms in total. The fourth-order valence-electron chi connectivity index (χ4n) is 3.11. The van der Waals surface area contributed by atoms with Crippen molar-refractivity contribution in [3.05, 3.63) is 24.0 Å². The monoisotopic (exact) mass is 279 g/mol. The molecular weight excluding hydrogens is 253 g/mol. The molecule has 2 N–H and O–H groups in total. The molecular formula is C17H26FNO. The summed E-state index contributed by atoms with van der Waals surface area (Å²) in [6.07, 6.45) is 5.07. The Morgan fingerprint density at radius 1 is 1.20 bits per heavy atom. The first-order valence-electron chi connectivity index (χ1n) is 7.58. The number of nitrogens with one attached hydrogen (secondary N) is 1. The van der Waals surface area contributed by atoms with Gasteiger partial charge >= 0.3 is 0 Å². The second-order valence-corrected chi connectivity index (χ2v) is 7.13. The summed E-state index contributed by atoms with van der Waals surface area (Å²) in [5.41, 5.74) is 1.16. The molecule has 0 heterocycles. The first-order chi connectivity index (χ1) is 9.36. The summed E-state index contributed by atoms with van der Waals surface area (Å²) in [6.45, 7) is 7.88. The van der Waals surface area contributed by atoms with Crippen LogP contribution in [0.1, 0.15) is 46.5 Å². The topological polar surface area (TPSA) is 32.3 Å². The van der Waals surface area contributed by atoms with Crippen LogP contribution in [0.25, 0.3) is 0 Å². The largest absolute Gasteiger partial charge is 0.505 e. The fourth-order valence-corrected chi connectivity index (χ4v) is 3.11. The highest BCUT2D eigenvalue weighted by molar-refractivity contribution is 5.46. The number of hydrogen-bond acceptors (Lipinski definition) is 2. The number of rotatable bonds is 3. The van der Waals surface area contributed by atoms with Gasteiger partial charge in [0.05, 0.1) is 0 Å². The van der Waals surface area contributed by atoms with Crippen molar-refractivity contribution < 1.29 is 9.50 Å². The van der Waals surface area contributed by atoms with Crippen LogP contribution in [0.15, 0.2) is 18.2 Å². The molecule has 20 heavy (non-hydrogen) atoms. The van der Waals surface area contributed by atoms with Gasteiger partial charge in [-0.15, -0.1) is 0 Å². The molecule has 1 saturated carbocycles. The molecule has 1 aromatic carbocycles. The molecule has 0 spiro atoms. The van der Waals surface area contributed by atoms with Crippen LogP contribution in [0.5, 0.6) is 5.75 Å². The molecule has 3 heteroatoms. The van der Waals surface area contributed by atoms with Gasteiger partial charge in [-0.1, -0.05) is 20.8 Å². The van der Waals surface area contributed by atoms with Gasteiger partial charge in [0.2, 0.25) is 0 Å². The van der Waals surface area contributed by atoms with E-state index in [-0.39, 0.29) is 5.75 Å². The third-order valence-electron chi connectivity index (χ3n) is 4.61. The highest BCUT2D eigenvalue weighted by Gasteiger charge is 2.29. The molecule has 1 fully saturated rings. The number of phenols is 1. The highest BCUT2D eigenvalue weighted by atomic mass is 19.1. The summed E-state index contributed by atoms with van der Waals surface area (Å²) < 4.78 is 13.2. The van der Waals surface area contributed by atoms with E-state index < -0.39 is 5.82 Å². The zero-order valence-electron chi connectivity index (χ0n) is 12.7. The average molecular weight is 279 g/mol. The van der Waals surface area contributed by atoms with Gasteiger partial charge in [0.25, 0.3) is 0 Å². The Labute approximate surface area is 121 Å². The third-order valence-corrected chi connectivity index (χ3v) is 4.61. The molecule has 0 aliphatic heterocycles. The van der Waals surface area contributed by atoms with Crippen molar-refractivity contribution in [3.63, 3.8) is 0 Å². The number of halogens is 1. The third kappa shape index (κ3) is 3.87. The zero-order valence-corrected chi connectivity index (χ0v) is 12.7. The van der Waals surface area contributed by atoms with Crippen LogP contribution < -0.4 is 5.32 Å². The van der Waals surface area contributed by atoms with E-state index in [0.717, 1.165) is 18.2 Å². The van der Waals surface area contributed by atoms with Gasteiger partial charge in [-0.25, -0.2) is 4.39 Å². The van der Waals surface area contributed by atoms with Crippen molar-refractivity contribution in [1.82, 2.24) is 0 Å². The Balaban J connectivity index is 1.80. The van der Waals surface area contributed by atoms with Gasteiger partial charge in [-0.2, -0.15) is 0 Å². The highest BCUT2D eigenvalue weighted by Crippen LogP contribution is 2.39. The lowest BCUT2D eigenvalue weighted by atomic mass is 9.70. The van der Waals surface area contributed by atoms with E-state index in [4.69, 9.17) is 5.11 Å². The maximum atomic E-state index is 13.2. The Morgan fingerprint density at radius 2 is 1.85 bits per heavy atom. The molecule has 1 aliphatic rings. The van der Waals surface area contributed by atoms with E-state index in [9.17, 15) is 4.39 Å². The molecule has 1 aliphatic carbocycles. The van der Waals surface area contributed by atoms with Gasteiger partial charge in [0, 0.05) is 18.3 Å². The van der Waals surface area contributed by atoms with Gasteiger partial charge in [0.1, 0.15) is 0 Å². The lowest BCUT2D eigenvalue weighted by molar-refractivity contribution is 0.153. The maximum Gasteiger partial charge on any atom is 0.166 e. The van der Waals surface area contributed by atoms with Crippen LogP contribution in [0.4, 0.5) is 10.1 Å². The summed E-state index contributed by atoms with van der Waals surface area (Å²) in [7, 11) is 0. The fraction of sp³-hybridized carbons (Fsp3) is 0.647. The number of aromatic hydroxyl groups is 1. The summed E-state index contributed by atoms with van der Waals surface area (Å²) in [4.78, 5) is 0. The lowest BCUT2D eigenvalue weighted by Crippen LogP contribution is -2.28. The Morgan fingerprint density at radius 3 is 2.40 bits per heavy atom. The number of anilines is 1. The molecule has 1 aromatic rings. The second-order valence-electron chi connectivity index (χ2n) is 7.13. The predicted octanol–water partition coefficient (Wildman–Crippen LogP) is 4.80. The summed E-state index contributed by atoms with van der Waals surface area (Å²) in [5.74, 6) is 0.642. The smallest absolute Gasteiger partial charge is 0.166 e. The molecule has 2 rings (SSSR count). The van der Waals surface area contributed by atoms with Gasteiger partial charge in [-0.3, -0.25) is 0 Å².